The van der Waals surface area contributed by atoms with Gasteiger partial charge in [-0.15, -0.1) is 0 Å². The number of esters is 1. The van der Waals surface area contributed by atoms with Crippen LogP contribution in [-0.2, 0) is 9.53 Å². The van der Waals surface area contributed by atoms with Crippen molar-refractivity contribution in [3.8, 4) is 0 Å². The Bertz CT molecular complexity index is 179. The third-order valence-electron chi connectivity index (χ3n) is 2.65. The highest BCUT2D eigenvalue weighted by molar-refractivity contribution is 5.77. The van der Waals surface area contributed by atoms with Gasteiger partial charge in [0.15, 0.2) is 0 Å². The zero-order valence-corrected chi connectivity index (χ0v) is 7.67. The lowest BCUT2D eigenvalue weighted by Crippen LogP contribution is -2.36. The quantitative estimate of drug-likeness (QED) is 0.634. The predicted molar refractivity (Wildman–Crippen MR) is 44.6 cm³/mol. The van der Waals surface area contributed by atoms with Crippen molar-refractivity contribution in [3.05, 3.63) is 0 Å². The summed E-state index contributed by atoms with van der Waals surface area (Å²) in [7, 11) is 0. The highest BCUT2D eigenvalue weighted by Gasteiger charge is 2.45. The maximum atomic E-state index is 11.4. The highest BCUT2D eigenvalue weighted by atomic mass is 16.5. The number of ether oxygens (including phenoxy) is 1. The molecule has 1 N–H and O–H groups in total. The topological polar surface area (TPSA) is 46.5 Å². The van der Waals surface area contributed by atoms with Crippen molar-refractivity contribution in [2.24, 2.45) is 5.41 Å². The molecule has 1 aliphatic rings. The maximum Gasteiger partial charge on any atom is 0.314 e. The molecule has 12 heavy (non-hydrogen) atoms. The minimum Gasteiger partial charge on any atom is -0.465 e. The lowest BCUT2D eigenvalue weighted by molar-refractivity contribution is -0.159. The lowest BCUT2D eigenvalue weighted by Gasteiger charge is -2.24. The van der Waals surface area contributed by atoms with E-state index in [1.807, 2.05) is 0 Å². The van der Waals surface area contributed by atoms with Gasteiger partial charge in [-0.05, 0) is 33.1 Å². The molecule has 0 aromatic rings. The van der Waals surface area contributed by atoms with Crippen molar-refractivity contribution in [2.75, 3.05) is 6.61 Å². The van der Waals surface area contributed by atoms with Crippen LogP contribution in [-0.4, -0.2) is 23.8 Å². The zero-order chi connectivity index (χ0) is 9.19. The van der Waals surface area contributed by atoms with Crippen LogP contribution >= 0.6 is 0 Å². The van der Waals surface area contributed by atoms with Crippen LogP contribution in [0.4, 0.5) is 0 Å². The van der Waals surface area contributed by atoms with E-state index in [2.05, 4.69) is 0 Å². The van der Waals surface area contributed by atoms with Gasteiger partial charge in [0.25, 0.3) is 0 Å². The monoisotopic (exact) mass is 172 g/mol. The van der Waals surface area contributed by atoms with Crippen LogP contribution < -0.4 is 0 Å². The molecule has 1 saturated carbocycles. The summed E-state index contributed by atoms with van der Waals surface area (Å²) in [6.45, 7) is 3.95. The van der Waals surface area contributed by atoms with Crippen molar-refractivity contribution < 1.29 is 14.6 Å². The van der Waals surface area contributed by atoms with E-state index in [-0.39, 0.29) is 5.97 Å². The van der Waals surface area contributed by atoms with Crippen LogP contribution in [0.5, 0.6) is 0 Å². The SMILES string of the molecule is CCOC(=O)C1(C)CCCC1O. The van der Waals surface area contributed by atoms with Crippen LogP contribution in [0.2, 0.25) is 0 Å². The Labute approximate surface area is 72.7 Å². The molecule has 0 aromatic heterocycles. The van der Waals surface area contributed by atoms with Crippen molar-refractivity contribution in [3.63, 3.8) is 0 Å². The van der Waals surface area contributed by atoms with Gasteiger partial charge in [0.1, 0.15) is 0 Å². The van der Waals surface area contributed by atoms with Gasteiger partial charge in [-0.1, -0.05) is 0 Å². The summed E-state index contributed by atoms with van der Waals surface area (Å²) < 4.78 is 4.90. The molecular weight excluding hydrogens is 156 g/mol. The lowest BCUT2D eigenvalue weighted by atomic mass is 9.87. The van der Waals surface area contributed by atoms with Gasteiger partial charge >= 0.3 is 5.97 Å². The number of hydrogen-bond donors (Lipinski definition) is 1. The fourth-order valence-corrected chi connectivity index (χ4v) is 1.68. The molecule has 0 saturated heterocycles. The average Bonchev–Trinajstić information content (AvgIpc) is 2.34. The molecule has 70 valence electrons. The van der Waals surface area contributed by atoms with Gasteiger partial charge in [-0.3, -0.25) is 4.79 Å². The fraction of sp³-hybridized carbons (Fsp3) is 0.889. The second-order valence-corrected chi connectivity index (χ2v) is 3.55. The molecule has 1 aliphatic carbocycles. The van der Waals surface area contributed by atoms with Crippen LogP contribution in [0.15, 0.2) is 0 Å². The number of rotatable bonds is 2. The Hall–Kier alpha value is -0.570. The molecule has 0 amide bonds. The Morgan fingerprint density at radius 2 is 2.42 bits per heavy atom. The minimum atomic E-state index is -0.643. The number of carbonyl (C=O) groups excluding carboxylic acids is 1. The van der Waals surface area contributed by atoms with Gasteiger partial charge in [0.2, 0.25) is 0 Å². The van der Waals surface area contributed by atoms with Gasteiger partial charge < -0.3 is 9.84 Å². The first-order valence-corrected chi connectivity index (χ1v) is 4.46. The molecule has 3 heteroatoms. The van der Waals surface area contributed by atoms with Crippen LogP contribution in [0.3, 0.4) is 0 Å². The van der Waals surface area contributed by atoms with Gasteiger partial charge in [-0.25, -0.2) is 0 Å². The maximum absolute atomic E-state index is 11.4. The summed E-state index contributed by atoms with van der Waals surface area (Å²) >= 11 is 0. The van der Waals surface area contributed by atoms with E-state index < -0.39 is 11.5 Å². The summed E-state index contributed by atoms with van der Waals surface area (Å²) in [6, 6.07) is 0. The molecule has 0 bridgehead atoms. The molecule has 2 unspecified atom stereocenters. The van der Waals surface area contributed by atoms with Crippen molar-refractivity contribution in [1.82, 2.24) is 0 Å². The number of carbonyl (C=O) groups is 1. The molecule has 0 aliphatic heterocycles. The van der Waals surface area contributed by atoms with E-state index in [4.69, 9.17) is 4.74 Å². The molecule has 1 rings (SSSR count). The molecule has 0 radical (unpaired) electrons. The summed E-state index contributed by atoms with van der Waals surface area (Å²) in [6.07, 6.45) is 1.86. The molecule has 3 nitrogen and oxygen atoms in total. The zero-order valence-electron chi connectivity index (χ0n) is 7.67. The molecule has 0 heterocycles. The second kappa shape index (κ2) is 3.44. The van der Waals surface area contributed by atoms with E-state index in [1.54, 1.807) is 13.8 Å². The molecule has 2 atom stereocenters. The Morgan fingerprint density at radius 1 is 1.75 bits per heavy atom. The number of aliphatic hydroxyl groups is 1. The molecule has 0 aromatic carbocycles. The summed E-state index contributed by atoms with van der Waals surface area (Å²) in [5.41, 5.74) is -0.643. The summed E-state index contributed by atoms with van der Waals surface area (Å²) in [5, 5.41) is 9.54. The Morgan fingerprint density at radius 3 is 2.83 bits per heavy atom. The third-order valence-corrected chi connectivity index (χ3v) is 2.65. The highest BCUT2D eigenvalue weighted by Crippen LogP contribution is 2.38. The van der Waals surface area contributed by atoms with Crippen molar-refractivity contribution >= 4 is 5.97 Å². The molecule has 1 fully saturated rings. The van der Waals surface area contributed by atoms with Gasteiger partial charge in [0, 0.05) is 0 Å². The first kappa shape index (κ1) is 9.52. The fourth-order valence-electron chi connectivity index (χ4n) is 1.68. The first-order chi connectivity index (χ1) is 5.61. The smallest absolute Gasteiger partial charge is 0.314 e. The summed E-state index contributed by atoms with van der Waals surface area (Å²) in [4.78, 5) is 11.4. The van der Waals surface area contributed by atoms with Crippen LogP contribution in [0.25, 0.3) is 0 Å². The van der Waals surface area contributed by atoms with Crippen LogP contribution in [0.1, 0.15) is 33.1 Å². The third kappa shape index (κ3) is 1.46. The van der Waals surface area contributed by atoms with E-state index in [0.717, 1.165) is 19.3 Å². The minimum absolute atomic E-state index is 0.255. The standard InChI is InChI=1S/C9H16O3/c1-3-12-8(11)9(2)6-4-5-7(9)10/h7,10H,3-6H2,1-2H3. The molecule has 0 spiro atoms. The van der Waals surface area contributed by atoms with E-state index in [0.29, 0.717) is 6.61 Å². The largest absolute Gasteiger partial charge is 0.465 e. The van der Waals surface area contributed by atoms with E-state index in [1.165, 1.54) is 0 Å². The van der Waals surface area contributed by atoms with E-state index >= 15 is 0 Å². The van der Waals surface area contributed by atoms with Gasteiger partial charge in [0.05, 0.1) is 18.1 Å². The van der Waals surface area contributed by atoms with Gasteiger partial charge in [-0.2, -0.15) is 0 Å². The Kier molecular flexibility index (Phi) is 2.73. The number of hydrogen-bond acceptors (Lipinski definition) is 3. The summed E-state index contributed by atoms with van der Waals surface area (Å²) in [5.74, 6) is -0.255. The molecular formula is C9H16O3. The number of aliphatic hydroxyl groups excluding tert-OH is 1. The van der Waals surface area contributed by atoms with Crippen LogP contribution in [0, 0.1) is 5.41 Å². The van der Waals surface area contributed by atoms with E-state index in [9.17, 15) is 9.90 Å². The second-order valence-electron chi connectivity index (χ2n) is 3.55. The normalized spacial score (nSPS) is 35.1. The first-order valence-electron chi connectivity index (χ1n) is 4.46. The average molecular weight is 172 g/mol. The predicted octanol–water partition coefficient (Wildman–Crippen LogP) is 1.10. The van der Waals surface area contributed by atoms with Crippen molar-refractivity contribution in [2.45, 2.75) is 39.2 Å². The van der Waals surface area contributed by atoms with Crippen molar-refractivity contribution in [1.29, 1.82) is 0 Å². The Balaban J connectivity index is 2.63.